The Kier molecular flexibility index (Phi) is 3.28. The highest BCUT2D eigenvalue weighted by atomic mass is 35.5. The molecule has 0 N–H and O–H groups in total. The molecule has 0 aliphatic rings. The van der Waals surface area contributed by atoms with Gasteiger partial charge in [0.15, 0.2) is 5.65 Å². The first kappa shape index (κ1) is 13.8. The first-order chi connectivity index (χ1) is 11.2. The SMILES string of the molecule is Fc1cc(-c2ccccc2)ccc1-n1ncc2c(Cl)ncnc21. The molecule has 0 atom stereocenters. The van der Waals surface area contributed by atoms with Crippen LogP contribution in [0.5, 0.6) is 0 Å². The third-order valence-corrected chi connectivity index (χ3v) is 3.90. The summed E-state index contributed by atoms with van der Waals surface area (Å²) in [5.41, 5.74) is 2.54. The summed E-state index contributed by atoms with van der Waals surface area (Å²) in [6.07, 6.45) is 2.86. The number of hydrogen-bond donors (Lipinski definition) is 0. The van der Waals surface area contributed by atoms with Gasteiger partial charge in [0.05, 0.1) is 11.6 Å². The van der Waals surface area contributed by atoms with Crippen LogP contribution in [0.15, 0.2) is 61.1 Å². The van der Waals surface area contributed by atoms with Gasteiger partial charge in [-0.3, -0.25) is 0 Å². The predicted octanol–water partition coefficient (Wildman–Crippen LogP) is 4.28. The number of aromatic nitrogens is 4. The smallest absolute Gasteiger partial charge is 0.167 e. The molecule has 0 unspecified atom stereocenters. The van der Waals surface area contributed by atoms with Gasteiger partial charge in [-0.1, -0.05) is 48.0 Å². The average Bonchev–Trinajstić information content (AvgIpc) is 3.01. The summed E-state index contributed by atoms with van der Waals surface area (Å²) >= 11 is 6.00. The minimum Gasteiger partial charge on any atom is -0.224 e. The molecule has 0 radical (unpaired) electrons. The maximum absolute atomic E-state index is 14.6. The minimum atomic E-state index is -0.383. The molecule has 0 amide bonds. The Labute approximate surface area is 136 Å². The van der Waals surface area contributed by atoms with E-state index < -0.39 is 0 Å². The second-order valence-corrected chi connectivity index (χ2v) is 5.35. The highest BCUT2D eigenvalue weighted by Gasteiger charge is 2.13. The number of halogens is 2. The summed E-state index contributed by atoms with van der Waals surface area (Å²) in [7, 11) is 0. The Bertz CT molecular complexity index is 998. The van der Waals surface area contributed by atoms with Gasteiger partial charge in [0.25, 0.3) is 0 Å². The highest BCUT2D eigenvalue weighted by Crippen LogP contribution is 2.26. The molecule has 6 heteroatoms. The molecule has 23 heavy (non-hydrogen) atoms. The molecule has 112 valence electrons. The first-order valence-corrected chi connectivity index (χ1v) is 7.31. The number of benzene rings is 2. The molecule has 4 nitrogen and oxygen atoms in total. The van der Waals surface area contributed by atoms with Gasteiger partial charge in [-0.2, -0.15) is 5.10 Å². The van der Waals surface area contributed by atoms with Crippen molar-refractivity contribution >= 4 is 22.6 Å². The molecule has 0 bridgehead atoms. The fourth-order valence-electron chi connectivity index (χ4n) is 2.48. The van der Waals surface area contributed by atoms with E-state index in [0.29, 0.717) is 21.9 Å². The average molecular weight is 325 g/mol. The van der Waals surface area contributed by atoms with Crippen molar-refractivity contribution in [1.82, 2.24) is 19.7 Å². The number of fused-ring (bicyclic) bond motifs is 1. The molecule has 2 aromatic heterocycles. The standard InChI is InChI=1S/C17H10ClFN4/c18-16-13-9-22-23(17(13)21-10-20-16)15-7-6-12(8-14(15)19)11-4-2-1-3-5-11/h1-10H. The summed E-state index contributed by atoms with van der Waals surface area (Å²) in [6, 6.07) is 14.6. The summed E-state index contributed by atoms with van der Waals surface area (Å²) in [6.45, 7) is 0. The van der Waals surface area contributed by atoms with Crippen LogP contribution in [0.2, 0.25) is 5.15 Å². The molecule has 0 fully saturated rings. The van der Waals surface area contributed by atoms with Crippen LogP contribution >= 0.6 is 11.6 Å². The molecule has 2 aromatic carbocycles. The quantitative estimate of drug-likeness (QED) is 0.517. The van der Waals surface area contributed by atoms with E-state index in [1.54, 1.807) is 6.07 Å². The second-order valence-electron chi connectivity index (χ2n) is 4.99. The summed E-state index contributed by atoms with van der Waals surface area (Å²) in [5.74, 6) is -0.383. The third kappa shape index (κ3) is 2.35. The number of hydrogen-bond acceptors (Lipinski definition) is 3. The normalized spacial score (nSPS) is 11.0. The predicted molar refractivity (Wildman–Crippen MR) is 87.1 cm³/mol. The van der Waals surface area contributed by atoms with E-state index in [9.17, 15) is 4.39 Å². The van der Waals surface area contributed by atoms with Crippen LogP contribution in [0, 0.1) is 5.82 Å². The summed E-state index contributed by atoms with van der Waals surface area (Å²) in [5, 5.41) is 5.06. The molecule has 4 aromatic rings. The molecule has 0 aliphatic carbocycles. The van der Waals surface area contributed by atoms with E-state index in [2.05, 4.69) is 15.1 Å². The van der Waals surface area contributed by atoms with Gasteiger partial charge in [0.1, 0.15) is 23.0 Å². The zero-order valence-electron chi connectivity index (χ0n) is 11.8. The van der Waals surface area contributed by atoms with Crippen LogP contribution < -0.4 is 0 Å². The Morgan fingerprint density at radius 1 is 0.957 bits per heavy atom. The van der Waals surface area contributed by atoms with Crippen molar-refractivity contribution in [3.05, 3.63) is 72.0 Å². The van der Waals surface area contributed by atoms with E-state index in [1.165, 1.54) is 23.3 Å². The fraction of sp³-hybridized carbons (Fsp3) is 0. The van der Waals surface area contributed by atoms with Crippen molar-refractivity contribution in [2.24, 2.45) is 0 Å². The van der Waals surface area contributed by atoms with Crippen molar-refractivity contribution in [2.75, 3.05) is 0 Å². The maximum Gasteiger partial charge on any atom is 0.167 e. The lowest BCUT2D eigenvalue weighted by atomic mass is 10.1. The first-order valence-electron chi connectivity index (χ1n) is 6.93. The molecule has 0 aliphatic heterocycles. The number of nitrogens with zero attached hydrogens (tertiary/aromatic N) is 4. The van der Waals surface area contributed by atoms with Crippen molar-refractivity contribution < 1.29 is 4.39 Å². The molecule has 0 saturated heterocycles. The molecule has 2 heterocycles. The zero-order valence-corrected chi connectivity index (χ0v) is 12.6. The van der Waals surface area contributed by atoms with E-state index in [-0.39, 0.29) is 5.82 Å². The van der Waals surface area contributed by atoms with Crippen LogP contribution in [0.4, 0.5) is 4.39 Å². The summed E-state index contributed by atoms with van der Waals surface area (Å²) < 4.78 is 16.0. The van der Waals surface area contributed by atoms with Gasteiger partial charge in [0, 0.05) is 0 Å². The Balaban J connectivity index is 1.85. The van der Waals surface area contributed by atoms with Crippen LogP contribution in [0.1, 0.15) is 0 Å². The van der Waals surface area contributed by atoms with Gasteiger partial charge in [-0.25, -0.2) is 19.0 Å². The number of rotatable bonds is 2. The Hall–Kier alpha value is -2.79. The molecular weight excluding hydrogens is 315 g/mol. The lowest BCUT2D eigenvalue weighted by Crippen LogP contribution is -2.01. The van der Waals surface area contributed by atoms with Crippen LogP contribution in [0.25, 0.3) is 27.8 Å². The van der Waals surface area contributed by atoms with Gasteiger partial charge >= 0.3 is 0 Å². The van der Waals surface area contributed by atoms with Gasteiger partial charge < -0.3 is 0 Å². The van der Waals surface area contributed by atoms with Crippen molar-refractivity contribution in [3.8, 4) is 16.8 Å². The monoisotopic (exact) mass is 324 g/mol. The van der Waals surface area contributed by atoms with Crippen molar-refractivity contribution in [2.45, 2.75) is 0 Å². The second kappa shape index (κ2) is 5.44. The Morgan fingerprint density at radius 3 is 2.57 bits per heavy atom. The van der Waals surface area contributed by atoms with Crippen molar-refractivity contribution in [1.29, 1.82) is 0 Å². The van der Waals surface area contributed by atoms with Crippen LogP contribution in [-0.4, -0.2) is 19.7 Å². The van der Waals surface area contributed by atoms with Crippen molar-refractivity contribution in [3.63, 3.8) is 0 Å². The molecule has 0 spiro atoms. The third-order valence-electron chi connectivity index (χ3n) is 3.60. The van der Waals surface area contributed by atoms with E-state index in [1.807, 2.05) is 36.4 Å². The largest absolute Gasteiger partial charge is 0.224 e. The lowest BCUT2D eigenvalue weighted by molar-refractivity contribution is 0.613. The maximum atomic E-state index is 14.6. The highest BCUT2D eigenvalue weighted by molar-refractivity contribution is 6.33. The molecule has 4 rings (SSSR count). The van der Waals surface area contributed by atoms with Crippen LogP contribution in [-0.2, 0) is 0 Å². The van der Waals surface area contributed by atoms with E-state index in [0.717, 1.165) is 11.1 Å². The molecule has 0 saturated carbocycles. The Morgan fingerprint density at radius 2 is 1.78 bits per heavy atom. The van der Waals surface area contributed by atoms with E-state index >= 15 is 0 Å². The topological polar surface area (TPSA) is 43.6 Å². The molecular formula is C17H10ClFN4. The zero-order chi connectivity index (χ0) is 15.8. The van der Waals surface area contributed by atoms with Gasteiger partial charge in [-0.15, -0.1) is 0 Å². The van der Waals surface area contributed by atoms with Gasteiger partial charge in [-0.05, 0) is 23.3 Å². The summed E-state index contributed by atoms with van der Waals surface area (Å²) in [4.78, 5) is 8.04. The van der Waals surface area contributed by atoms with E-state index in [4.69, 9.17) is 11.6 Å². The van der Waals surface area contributed by atoms with Gasteiger partial charge in [0.2, 0.25) is 0 Å². The lowest BCUT2D eigenvalue weighted by Gasteiger charge is -2.07. The van der Waals surface area contributed by atoms with Crippen LogP contribution in [0.3, 0.4) is 0 Å². The minimum absolute atomic E-state index is 0.294. The fourth-order valence-corrected chi connectivity index (χ4v) is 2.66.